The van der Waals surface area contributed by atoms with Crippen molar-refractivity contribution >= 4 is 12.6 Å². The molecule has 0 unspecified atom stereocenters. The molecule has 0 N–H and O–H groups in total. The van der Waals surface area contributed by atoms with Gasteiger partial charge in [-0.1, -0.05) is 31.4 Å². The van der Waals surface area contributed by atoms with Crippen LogP contribution in [0.1, 0.15) is 44.6 Å². The third-order valence-electron chi connectivity index (χ3n) is 3.50. The predicted molar refractivity (Wildman–Crippen MR) is 76.1 cm³/mol. The van der Waals surface area contributed by atoms with Crippen LogP contribution >= 0.6 is 0 Å². The van der Waals surface area contributed by atoms with Gasteiger partial charge in [-0.15, -0.1) is 0 Å². The molecule has 0 saturated heterocycles. The first kappa shape index (κ1) is 14.1. The molecule has 0 heterocycles. The molecule has 1 saturated carbocycles. The molecule has 100 valence electrons. The molecular formula is C15H20BNO2. The van der Waals surface area contributed by atoms with Crippen LogP contribution in [0.15, 0.2) is 24.3 Å². The van der Waals surface area contributed by atoms with Crippen molar-refractivity contribution in [3.05, 3.63) is 29.8 Å². The number of nitrogens with zero attached hydrogens (tertiary/aromatic N) is 1. The van der Waals surface area contributed by atoms with Crippen LogP contribution in [-0.4, -0.2) is 19.8 Å². The van der Waals surface area contributed by atoms with Gasteiger partial charge in [0.15, 0.2) is 0 Å². The fraction of sp³-hybridized carbons (Fsp3) is 0.533. The largest absolute Gasteiger partial charge is 0.494 e. The van der Waals surface area contributed by atoms with Crippen LogP contribution in [0, 0.1) is 11.3 Å². The second-order valence-electron chi connectivity index (χ2n) is 4.92. The van der Waals surface area contributed by atoms with E-state index in [2.05, 4.69) is 6.07 Å². The van der Waals surface area contributed by atoms with Crippen molar-refractivity contribution in [2.75, 3.05) is 6.61 Å². The fourth-order valence-electron chi connectivity index (χ4n) is 2.46. The molecule has 0 atom stereocenters. The molecule has 0 aliphatic heterocycles. The molecule has 4 heteroatoms. The van der Waals surface area contributed by atoms with Crippen molar-refractivity contribution in [3.63, 3.8) is 0 Å². The maximum Gasteiger partial charge on any atom is 0.494 e. The number of nitriles is 1. The molecule has 1 aliphatic carbocycles. The number of rotatable bonds is 5. The smallest absolute Gasteiger partial charge is 0.408 e. The Morgan fingerprint density at radius 1 is 1.21 bits per heavy atom. The number of hydrogen-bond donors (Lipinski definition) is 0. The lowest BCUT2D eigenvalue weighted by molar-refractivity contribution is 0.115. The Morgan fingerprint density at radius 2 is 1.89 bits per heavy atom. The van der Waals surface area contributed by atoms with Gasteiger partial charge in [0.1, 0.15) is 0 Å². The quantitative estimate of drug-likeness (QED) is 0.761. The summed E-state index contributed by atoms with van der Waals surface area (Å²) >= 11 is 0. The van der Waals surface area contributed by atoms with Crippen LogP contribution in [0.4, 0.5) is 0 Å². The Labute approximate surface area is 115 Å². The van der Waals surface area contributed by atoms with Crippen LogP contribution in [0.25, 0.3) is 0 Å². The van der Waals surface area contributed by atoms with Crippen LogP contribution in [0.3, 0.4) is 0 Å². The van der Waals surface area contributed by atoms with E-state index in [9.17, 15) is 0 Å². The zero-order valence-corrected chi connectivity index (χ0v) is 11.5. The minimum Gasteiger partial charge on any atom is -0.408 e. The van der Waals surface area contributed by atoms with Crippen LogP contribution in [0.5, 0.6) is 0 Å². The lowest BCUT2D eigenvalue weighted by atomic mass is 9.77. The maximum atomic E-state index is 8.82. The van der Waals surface area contributed by atoms with Crippen molar-refractivity contribution in [1.29, 1.82) is 5.26 Å². The first-order valence-electron chi connectivity index (χ1n) is 7.10. The van der Waals surface area contributed by atoms with Gasteiger partial charge in [0, 0.05) is 12.7 Å². The van der Waals surface area contributed by atoms with Gasteiger partial charge in [-0.3, -0.25) is 0 Å². The molecule has 19 heavy (non-hydrogen) atoms. The van der Waals surface area contributed by atoms with E-state index in [1.807, 2.05) is 31.2 Å². The summed E-state index contributed by atoms with van der Waals surface area (Å²) in [5, 5.41) is 8.82. The molecule has 0 radical (unpaired) electrons. The number of benzene rings is 1. The topological polar surface area (TPSA) is 42.2 Å². The van der Waals surface area contributed by atoms with Gasteiger partial charge in [-0.05, 0) is 37.4 Å². The van der Waals surface area contributed by atoms with Crippen LogP contribution in [0.2, 0.25) is 0 Å². The second-order valence-corrected chi connectivity index (χ2v) is 4.92. The highest BCUT2D eigenvalue weighted by Crippen LogP contribution is 2.21. The molecule has 0 bridgehead atoms. The third-order valence-corrected chi connectivity index (χ3v) is 3.50. The fourth-order valence-corrected chi connectivity index (χ4v) is 2.46. The minimum atomic E-state index is -0.305. The monoisotopic (exact) mass is 257 g/mol. The zero-order valence-electron chi connectivity index (χ0n) is 11.5. The third kappa shape index (κ3) is 4.09. The molecule has 0 aromatic heterocycles. The first-order chi connectivity index (χ1) is 9.33. The maximum absolute atomic E-state index is 8.82. The second kappa shape index (κ2) is 7.32. The van der Waals surface area contributed by atoms with Crippen molar-refractivity contribution in [3.8, 4) is 6.07 Å². The lowest BCUT2D eigenvalue weighted by Gasteiger charge is -2.25. The SMILES string of the molecule is CCOB(OC1CCCCC1)c1ccc(C#N)cc1. The zero-order chi connectivity index (χ0) is 13.5. The molecule has 1 aromatic rings. The first-order valence-corrected chi connectivity index (χ1v) is 7.10. The van der Waals surface area contributed by atoms with Crippen molar-refractivity contribution < 1.29 is 9.31 Å². The molecular weight excluding hydrogens is 237 g/mol. The van der Waals surface area contributed by atoms with Crippen molar-refractivity contribution in [2.45, 2.75) is 45.1 Å². The van der Waals surface area contributed by atoms with E-state index in [4.69, 9.17) is 14.6 Å². The Bertz CT molecular complexity index is 421. The lowest BCUT2D eigenvalue weighted by Crippen LogP contribution is -2.40. The molecule has 1 aromatic carbocycles. The molecule has 2 rings (SSSR count). The Morgan fingerprint density at radius 3 is 2.47 bits per heavy atom. The van der Waals surface area contributed by atoms with E-state index in [1.54, 1.807) is 0 Å². The summed E-state index contributed by atoms with van der Waals surface area (Å²) in [7, 11) is -0.305. The van der Waals surface area contributed by atoms with E-state index in [0.29, 0.717) is 18.3 Å². The summed E-state index contributed by atoms with van der Waals surface area (Å²) in [4.78, 5) is 0. The average Bonchev–Trinajstić information content (AvgIpc) is 2.48. The highest BCUT2D eigenvalue weighted by molar-refractivity contribution is 6.61. The summed E-state index contributed by atoms with van der Waals surface area (Å²) in [6.07, 6.45) is 6.37. The highest BCUT2D eigenvalue weighted by Gasteiger charge is 2.26. The molecule has 0 spiro atoms. The van der Waals surface area contributed by atoms with Gasteiger partial charge in [-0.25, -0.2) is 0 Å². The molecule has 3 nitrogen and oxygen atoms in total. The molecule has 0 amide bonds. The summed E-state index contributed by atoms with van der Waals surface area (Å²) in [6.45, 7) is 2.60. The Kier molecular flexibility index (Phi) is 5.44. The minimum absolute atomic E-state index is 0.305. The standard InChI is InChI=1S/C15H20BNO2/c1-2-18-16(19-15-6-4-3-5-7-15)14-10-8-13(12-17)9-11-14/h8-11,15H,2-7H2,1H3. The Hall–Kier alpha value is -1.31. The summed E-state index contributed by atoms with van der Waals surface area (Å²) in [6, 6.07) is 9.58. The van der Waals surface area contributed by atoms with Crippen LogP contribution < -0.4 is 5.46 Å². The van der Waals surface area contributed by atoms with Gasteiger partial charge in [0.2, 0.25) is 0 Å². The molecule has 1 aliphatic rings. The van der Waals surface area contributed by atoms with Gasteiger partial charge >= 0.3 is 7.12 Å². The predicted octanol–water partition coefficient (Wildman–Crippen LogP) is 2.64. The summed E-state index contributed by atoms with van der Waals surface area (Å²) in [5.41, 5.74) is 1.66. The number of hydrogen-bond acceptors (Lipinski definition) is 3. The van der Waals surface area contributed by atoms with Crippen molar-refractivity contribution in [2.24, 2.45) is 0 Å². The van der Waals surface area contributed by atoms with E-state index >= 15 is 0 Å². The summed E-state index contributed by atoms with van der Waals surface area (Å²) in [5.74, 6) is 0. The van der Waals surface area contributed by atoms with Gasteiger partial charge in [0.25, 0.3) is 0 Å². The van der Waals surface area contributed by atoms with Crippen LogP contribution in [-0.2, 0) is 9.31 Å². The van der Waals surface area contributed by atoms with E-state index in [1.165, 1.54) is 19.3 Å². The normalized spacial score (nSPS) is 16.0. The Balaban J connectivity index is 2.03. The van der Waals surface area contributed by atoms with Crippen molar-refractivity contribution in [1.82, 2.24) is 0 Å². The summed E-state index contributed by atoms with van der Waals surface area (Å²) < 4.78 is 11.8. The van der Waals surface area contributed by atoms with Gasteiger partial charge in [-0.2, -0.15) is 5.26 Å². The van der Waals surface area contributed by atoms with Gasteiger partial charge < -0.3 is 9.31 Å². The van der Waals surface area contributed by atoms with E-state index < -0.39 is 0 Å². The molecule has 1 fully saturated rings. The highest BCUT2D eigenvalue weighted by atomic mass is 16.6. The van der Waals surface area contributed by atoms with E-state index in [0.717, 1.165) is 18.3 Å². The van der Waals surface area contributed by atoms with E-state index in [-0.39, 0.29) is 7.12 Å². The average molecular weight is 257 g/mol. The van der Waals surface area contributed by atoms with Gasteiger partial charge in [0.05, 0.1) is 11.6 Å².